The van der Waals surface area contributed by atoms with E-state index in [1.807, 2.05) is 39.8 Å². The van der Waals surface area contributed by atoms with Gasteiger partial charge in [-0.1, -0.05) is 6.07 Å². The molecule has 2 aliphatic heterocycles. The van der Waals surface area contributed by atoms with Gasteiger partial charge in [0.1, 0.15) is 28.7 Å². The molecule has 3 aromatic heterocycles. The number of benzene rings is 1. The van der Waals surface area contributed by atoms with E-state index >= 15 is 0 Å². The molecular formula is C34H41B2F3N8O2S2. The summed E-state index contributed by atoms with van der Waals surface area (Å²) in [5.41, 5.74) is 3.26. The van der Waals surface area contributed by atoms with Crippen LogP contribution in [0.3, 0.4) is 0 Å². The number of piperazine rings is 1. The molecule has 1 aromatic carbocycles. The van der Waals surface area contributed by atoms with Gasteiger partial charge < -0.3 is 9.88 Å². The maximum absolute atomic E-state index is 13.0. The average Bonchev–Trinajstić information content (AvgIpc) is 3.63. The van der Waals surface area contributed by atoms with E-state index in [1.54, 1.807) is 4.57 Å². The van der Waals surface area contributed by atoms with Crippen LogP contribution in [0.25, 0.3) is 21.1 Å². The van der Waals surface area contributed by atoms with Gasteiger partial charge in [-0.15, -0.1) is 11.3 Å². The quantitative estimate of drug-likeness (QED) is 0.247. The average molecular weight is 737 g/mol. The third-order valence-electron chi connectivity index (χ3n) is 10.4. The smallest absolute Gasteiger partial charge is 0.367 e. The molecule has 4 aromatic rings. The van der Waals surface area contributed by atoms with Gasteiger partial charge >= 0.3 is 6.18 Å². The number of nitrogens with zero attached hydrogens (tertiary/aromatic N) is 7. The molecule has 2 aliphatic rings. The van der Waals surface area contributed by atoms with Crippen molar-refractivity contribution >= 4 is 64.0 Å². The fraction of sp³-hybridized carbons (Fsp3) is 0.559. The van der Waals surface area contributed by atoms with E-state index in [4.69, 9.17) is 15.7 Å². The zero-order chi connectivity index (χ0) is 37.0. The first-order chi connectivity index (χ1) is 23.9. The highest BCUT2D eigenvalue weighted by atomic mass is 32.2. The Balaban J connectivity index is 1.14. The van der Waals surface area contributed by atoms with E-state index in [1.165, 1.54) is 23.0 Å². The van der Waals surface area contributed by atoms with Crippen LogP contribution in [0.5, 0.6) is 0 Å². The summed E-state index contributed by atoms with van der Waals surface area (Å²) in [7, 11) is 10.5. The Bertz CT molecular complexity index is 2060. The van der Waals surface area contributed by atoms with Crippen LogP contribution < -0.4 is 5.32 Å². The Hall–Kier alpha value is -3.16. The fourth-order valence-electron chi connectivity index (χ4n) is 7.91. The van der Waals surface area contributed by atoms with Crippen LogP contribution in [0.4, 0.5) is 19.0 Å². The van der Waals surface area contributed by atoms with Crippen LogP contribution in [-0.2, 0) is 28.3 Å². The maximum atomic E-state index is 13.0. The van der Waals surface area contributed by atoms with Crippen molar-refractivity contribution in [1.29, 1.82) is 5.26 Å². The van der Waals surface area contributed by atoms with Crippen molar-refractivity contribution in [2.75, 3.05) is 37.8 Å². The second-order valence-corrected chi connectivity index (χ2v) is 17.2. The molecule has 0 saturated carbocycles. The molecule has 0 spiro atoms. The molecule has 4 radical (unpaired) electrons. The van der Waals surface area contributed by atoms with Gasteiger partial charge in [0.2, 0.25) is 10.0 Å². The Labute approximate surface area is 303 Å². The van der Waals surface area contributed by atoms with E-state index < -0.39 is 34.0 Å². The fourth-order valence-corrected chi connectivity index (χ4v) is 10.4. The van der Waals surface area contributed by atoms with Gasteiger partial charge in [0, 0.05) is 72.7 Å². The molecule has 2 fully saturated rings. The highest BCUT2D eigenvalue weighted by Gasteiger charge is 2.41. The number of fused-ring (bicyclic) bond motifs is 2. The molecule has 0 amide bonds. The molecule has 5 heterocycles. The minimum Gasteiger partial charge on any atom is -0.367 e. The highest BCUT2D eigenvalue weighted by Crippen LogP contribution is 2.35. The minimum absolute atomic E-state index is 0.116. The number of anilines is 1. The van der Waals surface area contributed by atoms with Gasteiger partial charge in [-0.25, -0.2) is 18.4 Å². The van der Waals surface area contributed by atoms with Gasteiger partial charge in [0.15, 0.2) is 0 Å². The molecule has 3 atom stereocenters. The predicted octanol–water partition coefficient (Wildman–Crippen LogP) is 4.70. The first-order valence-corrected chi connectivity index (χ1v) is 19.7. The second-order valence-electron chi connectivity index (χ2n) is 14.2. The number of sulfonamides is 1. The van der Waals surface area contributed by atoms with Crippen molar-refractivity contribution in [2.24, 2.45) is 0 Å². The number of hydrogen-bond donors (Lipinski definition) is 1. The molecule has 2 saturated heterocycles. The maximum Gasteiger partial charge on any atom is 0.393 e. The van der Waals surface area contributed by atoms with Crippen LogP contribution >= 0.6 is 11.3 Å². The van der Waals surface area contributed by atoms with Crippen LogP contribution in [-0.4, -0.2) is 116 Å². The van der Waals surface area contributed by atoms with Crippen LogP contribution in [0, 0.1) is 18.3 Å². The summed E-state index contributed by atoms with van der Waals surface area (Å²) in [5, 5.41) is 13.7. The lowest BCUT2D eigenvalue weighted by atomic mass is 9.57. The lowest BCUT2D eigenvalue weighted by molar-refractivity contribution is -0.126. The number of nitrogens with one attached hydrogen (secondary N) is 1. The van der Waals surface area contributed by atoms with Crippen molar-refractivity contribution in [3.05, 3.63) is 52.3 Å². The van der Waals surface area contributed by atoms with E-state index in [0.29, 0.717) is 41.4 Å². The highest BCUT2D eigenvalue weighted by molar-refractivity contribution is 7.88. The molecule has 51 heavy (non-hydrogen) atoms. The number of aromatic nitrogens is 3. The Morgan fingerprint density at radius 2 is 1.76 bits per heavy atom. The lowest BCUT2D eigenvalue weighted by Gasteiger charge is -2.50. The normalized spacial score (nSPS) is 21.3. The van der Waals surface area contributed by atoms with Gasteiger partial charge in [-0.2, -0.15) is 22.7 Å². The molecule has 0 bridgehead atoms. The van der Waals surface area contributed by atoms with Crippen LogP contribution in [0.2, 0.25) is 0 Å². The standard InChI is InChI=1S/C34H41B2F3N8O2S2/c1-20-16-45(17-21(2)47(20)51(5,48)49)23(4)34(35,36)46-26(15-40)12-28-22(3)24(6-7-30(28)46)18-44-10-8-25(9-11-44)43-31-29-13-27(14-33(37,38)39)50-32(29)42-19-41-31/h6-7,12-13,19-21,23,25H,8-11,14,16-18H2,1-5H3,(H,41,42,43)/t20-,21-,23?/m1/s1. The summed E-state index contributed by atoms with van der Waals surface area (Å²) < 4.78 is 67.0. The number of hydrogen-bond acceptors (Lipinski definition) is 9. The number of nitriles is 1. The Morgan fingerprint density at radius 3 is 2.37 bits per heavy atom. The number of piperidine rings is 1. The van der Waals surface area contributed by atoms with Crippen molar-refractivity contribution in [2.45, 2.75) is 89.2 Å². The zero-order valence-electron chi connectivity index (χ0n) is 29.4. The van der Waals surface area contributed by atoms with E-state index in [9.17, 15) is 26.9 Å². The summed E-state index contributed by atoms with van der Waals surface area (Å²) in [6, 6.07) is 8.84. The summed E-state index contributed by atoms with van der Waals surface area (Å²) in [6.07, 6.45) is -0.987. The van der Waals surface area contributed by atoms with Crippen LogP contribution in [0.1, 0.15) is 55.3 Å². The molecular weight excluding hydrogens is 695 g/mol. The monoisotopic (exact) mass is 736 g/mol. The number of likely N-dealkylation sites (tertiary alicyclic amines) is 1. The second kappa shape index (κ2) is 14.0. The number of aryl methyl sites for hydroxylation is 1. The summed E-state index contributed by atoms with van der Waals surface area (Å²) in [6.45, 7) is 10.9. The molecule has 0 aliphatic carbocycles. The number of alkyl halides is 3. The summed E-state index contributed by atoms with van der Waals surface area (Å²) >= 11 is 1.04. The third-order valence-corrected chi connectivity index (χ3v) is 12.9. The lowest BCUT2D eigenvalue weighted by Crippen LogP contribution is -2.64. The SMILES string of the molecule is [B]C([B])(C(C)N1C[C@@H](C)N(S(C)(=O)=O)[C@H](C)C1)n1c(C#N)cc2c(C)c(CN3CCC(Nc4ncnc5sc(CC(F)(F)F)cc45)CC3)ccc21. The summed E-state index contributed by atoms with van der Waals surface area (Å²) in [5.74, 6) is 0.563. The first-order valence-electron chi connectivity index (χ1n) is 17.0. The van der Waals surface area contributed by atoms with E-state index in [0.717, 1.165) is 59.3 Å². The molecule has 10 nitrogen and oxygen atoms in total. The topological polar surface area (TPSA) is 110 Å². The molecule has 1 unspecified atom stereocenters. The largest absolute Gasteiger partial charge is 0.393 e. The van der Waals surface area contributed by atoms with Gasteiger partial charge in [-0.05, 0) is 75.2 Å². The number of thiophene rings is 1. The molecule has 1 N–H and O–H groups in total. The number of halogens is 3. The van der Waals surface area contributed by atoms with Crippen molar-refractivity contribution < 1.29 is 21.6 Å². The van der Waals surface area contributed by atoms with Gasteiger partial charge in [0.05, 0.1) is 33.8 Å². The molecule has 268 valence electrons. The van der Waals surface area contributed by atoms with E-state index in [-0.39, 0.29) is 23.0 Å². The van der Waals surface area contributed by atoms with Crippen molar-refractivity contribution in [3.63, 3.8) is 0 Å². The van der Waals surface area contributed by atoms with E-state index in [2.05, 4.69) is 37.2 Å². The van der Waals surface area contributed by atoms with Crippen LogP contribution in [0.15, 0.2) is 30.6 Å². The molecule has 17 heteroatoms. The van der Waals surface area contributed by atoms with Crippen molar-refractivity contribution in [3.8, 4) is 6.07 Å². The molecule has 6 rings (SSSR count). The van der Waals surface area contributed by atoms with Gasteiger partial charge in [-0.3, -0.25) is 9.80 Å². The number of rotatable bonds is 9. The Morgan fingerprint density at radius 1 is 1.10 bits per heavy atom. The Kier molecular flexibility index (Phi) is 10.3. The minimum atomic E-state index is -4.28. The van der Waals surface area contributed by atoms with Crippen molar-refractivity contribution in [1.82, 2.24) is 28.6 Å². The predicted molar refractivity (Wildman–Crippen MR) is 197 cm³/mol. The first kappa shape index (κ1) is 37.6. The summed E-state index contributed by atoms with van der Waals surface area (Å²) in [4.78, 5) is 13.8. The zero-order valence-corrected chi connectivity index (χ0v) is 31.0. The third kappa shape index (κ3) is 7.67. The van der Waals surface area contributed by atoms with Gasteiger partial charge in [0.25, 0.3) is 0 Å².